The van der Waals surface area contributed by atoms with Gasteiger partial charge in [-0.2, -0.15) is 22.6 Å². The quantitative estimate of drug-likeness (QED) is 0.558. The van der Waals surface area contributed by atoms with Crippen molar-refractivity contribution in [2.75, 3.05) is 18.4 Å². The van der Waals surface area contributed by atoms with Crippen molar-refractivity contribution in [3.8, 4) is 5.69 Å². The minimum absolute atomic E-state index is 0.0499. The minimum atomic E-state index is -4.86. The maximum absolute atomic E-state index is 13.8. The van der Waals surface area contributed by atoms with Crippen LogP contribution in [0.15, 0.2) is 59.6 Å². The number of carbonyl (C=O) groups excluding carboxylic acids is 1. The van der Waals surface area contributed by atoms with Crippen LogP contribution in [0.3, 0.4) is 0 Å². The SMILES string of the molecule is O=C(Nc1ccc(S(=O)(=O)N2CCCC2)cc1)c1cnn(-c2ccc(Cl)cc2)c1C(F)(F)F. The van der Waals surface area contributed by atoms with Crippen LogP contribution >= 0.6 is 11.6 Å². The summed E-state index contributed by atoms with van der Waals surface area (Å²) in [4.78, 5) is 12.7. The largest absolute Gasteiger partial charge is 0.434 e. The molecular weight excluding hydrogens is 481 g/mol. The number of benzene rings is 2. The van der Waals surface area contributed by atoms with Crippen molar-refractivity contribution in [2.24, 2.45) is 0 Å². The van der Waals surface area contributed by atoms with Crippen LogP contribution in [0.1, 0.15) is 28.9 Å². The van der Waals surface area contributed by atoms with E-state index in [2.05, 4.69) is 10.4 Å². The molecule has 0 atom stereocenters. The summed E-state index contributed by atoms with van der Waals surface area (Å²) >= 11 is 5.79. The molecular formula is C21H18ClF3N4O3S. The normalized spacial score (nSPS) is 15.0. The highest BCUT2D eigenvalue weighted by atomic mass is 35.5. The number of amides is 1. The average molecular weight is 499 g/mol. The number of nitrogens with zero attached hydrogens (tertiary/aromatic N) is 3. The topological polar surface area (TPSA) is 84.3 Å². The first-order valence-electron chi connectivity index (χ1n) is 9.90. The molecule has 1 aliphatic rings. The number of alkyl halides is 3. The van der Waals surface area contributed by atoms with Crippen LogP contribution < -0.4 is 5.32 Å². The molecule has 1 aliphatic heterocycles. The Morgan fingerprint density at radius 1 is 1.00 bits per heavy atom. The summed E-state index contributed by atoms with van der Waals surface area (Å²) in [7, 11) is -3.64. The van der Waals surface area contributed by atoms with Crippen molar-refractivity contribution in [3.63, 3.8) is 0 Å². The lowest BCUT2D eigenvalue weighted by atomic mass is 10.2. The fraction of sp³-hybridized carbons (Fsp3) is 0.238. The molecule has 33 heavy (non-hydrogen) atoms. The Hall–Kier alpha value is -2.89. The summed E-state index contributed by atoms with van der Waals surface area (Å²) in [5, 5.41) is 6.46. The van der Waals surface area contributed by atoms with Crippen LogP contribution in [-0.4, -0.2) is 41.5 Å². The lowest BCUT2D eigenvalue weighted by molar-refractivity contribution is -0.143. The first kappa shape index (κ1) is 23.3. The summed E-state index contributed by atoms with van der Waals surface area (Å²) in [6.45, 7) is 0.886. The summed E-state index contributed by atoms with van der Waals surface area (Å²) < 4.78 is 68.6. The van der Waals surface area contributed by atoms with Gasteiger partial charge in [-0.15, -0.1) is 0 Å². The Balaban J connectivity index is 1.59. The van der Waals surface area contributed by atoms with Crippen LogP contribution in [-0.2, 0) is 16.2 Å². The molecule has 4 rings (SSSR count). The minimum Gasteiger partial charge on any atom is -0.322 e. The standard InChI is InChI=1S/C21H18ClF3N4O3S/c22-14-3-7-16(8-4-14)29-19(21(23,24)25)18(13-26-29)20(30)27-15-5-9-17(10-6-15)33(31,32)28-11-1-2-12-28/h3-10,13H,1-2,11-12H2,(H,27,30). The molecule has 3 aromatic rings. The first-order chi connectivity index (χ1) is 15.6. The number of carbonyl (C=O) groups is 1. The van der Waals surface area contributed by atoms with Gasteiger partial charge in [-0.1, -0.05) is 11.6 Å². The fourth-order valence-electron chi connectivity index (χ4n) is 3.55. The number of aromatic nitrogens is 2. The van der Waals surface area contributed by atoms with E-state index in [0.717, 1.165) is 19.0 Å². The predicted octanol–water partition coefficient (Wildman–Crippen LogP) is 4.58. The number of hydrogen-bond acceptors (Lipinski definition) is 4. The molecule has 1 aromatic heterocycles. The second kappa shape index (κ2) is 8.81. The van der Waals surface area contributed by atoms with Gasteiger partial charge in [0.1, 0.15) is 0 Å². The molecule has 0 radical (unpaired) electrons. The molecule has 0 bridgehead atoms. The second-order valence-corrected chi connectivity index (χ2v) is 9.76. The molecule has 2 heterocycles. The van der Waals surface area contributed by atoms with Gasteiger partial charge in [0, 0.05) is 23.8 Å². The van der Waals surface area contributed by atoms with E-state index in [9.17, 15) is 26.4 Å². The maximum atomic E-state index is 13.8. The van der Waals surface area contributed by atoms with Crippen LogP contribution in [0.2, 0.25) is 5.02 Å². The molecule has 12 heteroatoms. The van der Waals surface area contributed by atoms with E-state index >= 15 is 0 Å². The third-order valence-corrected chi connectivity index (χ3v) is 7.33. The summed E-state index contributed by atoms with van der Waals surface area (Å²) in [6.07, 6.45) is -2.45. The van der Waals surface area contributed by atoms with Crippen LogP contribution in [0.25, 0.3) is 5.69 Å². The molecule has 0 unspecified atom stereocenters. The molecule has 174 valence electrons. The average Bonchev–Trinajstić information content (AvgIpc) is 3.45. The van der Waals surface area contributed by atoms with Gasteiger partial charge >= 0.3 is 6.18 Å². The van der Waals surface area contributed by atoms with E-state index in [4.69, 9.17) is 11.6 Å². The maximum Gasteiger partial charge on any atom is 0.434 e. The Kier molecular flexibility index (Phi) is 6.21. The van der Waals surface area contributed by atoms with Gasteiger partial charge in [-0.3, -0.25) is 4.79 Å². The Morgan fingerprint density at radius 3 is 2.18 bits per heavy atom. The molecule has 0 aliphatic carbocycles. The van der Waals surface area contributed by atoms with Gasteiger partial charge < -0.3 is 5.32 Å². The fourth-order valence-corrected chi connectivity index (χ4v) is 5.19. The molecule has 7 nitrogen and oxygen atoms in total. The zero-order valence-corrected chi connectivity index (χ0v) is 18.6. The van der Waals surface area contributed by atoms with Gasteiger partial charge in [-0.05, 0) is 61.4 Å². The number of hydrogen-bond donors (Lipinski definition) is 1. The molecule has 0 saturated carbocycles. The zero-order valence-electron chi connectivity index (χ0n) is 17.0. The van der Waals surface area contributed by atoms with Crippen molar-refractivity contribution in [3.05, 3.63) is 71.0 Å². The lowest BCUT2D eigenvalue weighted by Crippen LogP contribution is -2.27. The van der Waals surface area contributed by atoms with Crippen LogP contribution in [0.5, 0.6) is 0 Å². The van der Waals surface area contributed by atoms with E-state index < -0.39 is 33.4 Å². The Morgan fingerprint density at radius 2 is 1.61 bits per heavy atom. The third kappa shape index (κ3) is 4.75. The Bertz CT molecular complexity index is 1270. The summed E-state index contributed by atoms with van der Waals surface area (Å²) in [5.41, 5.74) is -1.68. The smallest absolute Gasteiger partial charge is 0.322 e. The lowest BCUT2D eigenvalue weighted by Gasteiger charge is -2.16. The molecule has 0 spiro atoms. The van der Waals surface area contributed by atoms with E-state index in [1.165, 1.54) is 52.8 Å². The number of sulfonamides is 1. The Labute approximate surface area is 192 Å². The first-order valence-corrected chi connectivity index (χ1v) is 11.7. The molecule has 2 aromatic carbocycles. The van der Waals surface area contributed by atoms with E-state index in [0.29, 0.717) is 22.8 Å². The van der Waals surface area contributed by atoms with Crippen molar-refractivity contribution < 1.29 is 26.4 Å². The van der Waals surface area contributed by atoms with Crippen molar-refractivity contribution in [1.82, 2.24) is 14.1 Å². The van der Waals surface area contributed by atoms with E-state index in [1.807, 2.05) is 0 Å². The summed E-state index contributed by atoms with van der Waals surface area (Å²) in [6, 6.07) is 10.8. The molecule has 1 fully saturated rings. The van der Waals surface area contributed by atoms with Gasteiger partial charge in [0.2, 0.25) is 10.0 Å². The highest BCUT2D eigenvalue weighted by Crippen LogP contribution is 2.34. The number of anilines is 1. The molecule has 1 amide bonds. The van der Waals surface area contributed by atoms with E-state index in [-0.39, 0.29) is 16.3 Å². The third-order valence-electron chi connectivity index (χ3n) is 5.17. The van der Waals surface area contributed by atoms with Gasteiger partial charge in [0.25, 0.3) is 5.91 Å². The number of nitrogens with one attached hydrogen (secondary N) is 1. The second-order valence-electron chi connectivity index (χ2n) is 7.38. The van der Waals surface area contributed by atoms with Gasteiger partial charge in [0.15, 0.2) is 5.69 Å². The molecule has 1 saturated heterocycles. The summed E-state index contributed by atoms with van der Waals surface area (Å²) in [5.74, 6) is -1.03. The highest BCUT2D eigenvalue weighted by Gasteiger charge is 2.40. The van der Waals surface area contributed by atoms with Crippen LogP contribution in [0.4, 0.5) is 18.9 Å². The van der Waals surface area contributed by atoms with Crippen molar-refractivity contribution in [2.45, 2.75) is 23.9 Å². The van der Waals surface area contributed by atoms with Crippen molar-refractivity contribution >= 4 is 33.2 Å². The van der Waals surface area contributed by atoms with Crippen LogP contribution in [0, 0.1) is 0 Å². The number of rotatable bonds is 5. The van der Waals surface area contributed by atoms with Crippen molar-refractivity contribution in [1.29, 1.82) is 0 Å². The van der Waals surface area contributed by atoms with Gasteiger partial charge in [0.05, 0.1) is 22.3 Å². The zero-order chi connectivity index (χ0) is 23.8. The van der Waals surface area contributed by atoms with E-state index in [1.54, 1.807) is 0 Å². The monoisotopic (exact) mass is 498 g/mol. The predicted molar refractivity (Wildman–Crippen MR) is 116 cm³/mol. The number of halogens is 4. The van der Waals surface area contributed by atoms with Gasteiger partial charge in [-0.25, -0.2) is 13.1 Å². The molecule has 1 N–H and O–H groups in total. The highest BCUT2D eigenvalue weighted by molar-refractivity contribution is 7.89.